The SMILES string of the molecule is CCOC(=O)CCCCCCCCc1ccc(CCN)cc1. The van der Waals surface area contributed by atoms with Crippen LogP contribution in [0.4, 0.5) is 0 Å². The fourth-order valence-electron chi connectivity index (χ4n) is 2.58. The number of esters is 1. The molecule has 1 aromatic carbocycles. The van der Waals surface area contributed by atoms with E-state index < -0.39 is 0 Å². The first-order chi connectivity index (χ1) is 10.8. The number of aryl methyl sites for hydroxylation is 1. The van der Waals surface area contributed by atoms with Crippen LogP contribution >= 0.6 is 0 Å². The maximum absolute atomic E-state index is 11.2. The second-order valence-corrected chi connectivity index (χ2v) is 5.78. The maximum atomic E-state index is 11.2. The lowest BCUT2D eigenvalue weighted by Crippen LogP contribution is -2.03. The third-order valence-electron chi connectivity index (χ3n) is 3.86. The fraction of sp³-hybridized carbons (Fsp3) is 0.632. The van der Waals surface area contributed by atoms with Crippen molar-refractivity contribution in [2.45, 2.75) is 64.7 Å². The van der Waals surface area contributed by atoms with Gasteiger partial charge in [-0.15, -0.1) is 0 Å². The molecule has 0 fully saturated rings. The molecule has 0 bridgehead atoms. The quantitative estimate of drug-likeness (QED) is 0.468. The zero-order chi connectivity index (χ0) is 16.0. The highest BCUT2D eigenvalue weighted by atomic mass is 16.5. The lowest BCUT2D eigenvalue weighted by Gasteiger charge is -2.04. The lowest BCUT2D eigenvalue weighted by molar-refractivity contribution is -0.143. The van der Waals surface area contributed by atoms with Gasteiger partial charge in [0.15, 0.2) is 0 Å². The molecule has 2 N–H and O–H groups in total. The molecule has 0 aromatic heterocycles. The van der Waals surface area contributed by atoms with E-state index in [-0.39, 0.29) is 5.97 Å². The summed E-state index contributed by atoms with van der Waals surface area (Å²) in [4.78, 5) is 11.2. The van der Waals surface area contributed by atoms with Crippen molar-refractivity contribution in [1.82, 2.24) is 0 Å². The topological polar surface area (TPSA) is 52.3 Å². The van der Waals surface area contributed by atoms with Crippen molar-refractivity contribution < 1.29 is 9.53 Å². The highest BCUT2D eigenvalue weighted by molar-refractivity contribution is 5.69. The number of hydrogen-bond acceptors (Lipinski definition) is 3. The molecule has 0 amide bonds. The molecular weight excluding hydrogens is 274 g/mol. The van der Waals surface area contributed by atoms with Crippen molar-refractivity contribution in [2.24, 2.45) is 5.73 Å². The minimum atomic E-state index is -0.0550. The molecule has 0 unspecified atom stereocenters. The summed E-state index contributed by atoms with van der Waals surface area (Å²) in [6, 6.07) is 8.84. The molecule has 0 heterocycles. The number of carbonyl (C=O) groups excluding carboxylic acids is 1. The molecule has 0 saturated heterocycles. The summed E-state index contributed by atoms with van der Waals surface area (Å²) in [5.74, 6) is -0.0550. The van der Waals surface area contributed by atoms with Crippen molar-refractivity contribution in [3.05, 3.63) is 35.4 Å². The molecule has 22 heavy (non-hydrogen) atoms. The molecule has 0 aliphatic carbocycles. The molecule has 3 nitrogen and oxygen atoms in total. The van der Waals surface area contributed by atoms with Gasteiger partial charge in [-0.1, -0.05) is 49.9 Å². The number of unbranched alkanes of at least 4 members (excludes halogenated alkanes) is 5. The van der Waals surface area contributed by atoms with Crippen LogP contribution < -0.4 is 5.73 Å². The van der Waals surface area contributed by atoms with Crippen LogP contribution in [-0.2, 0) is 22.4 Å². The van der Waals surface area contributed by atoms with Crippen molar-refractivity contribution >= 4 is 5.97 Å². The van der Waals surface area contributed by atoms with E-state index in [1.807, 2.05) is 6.92 Å². The molecule has 0 saturated carbocycles. The highest BCUT2D eigenvalue weighted by Crippen LogP contribution is 2.12. The van der Waals surface area contributed by atoms with Gasteiger partial charge in [-0.2, -0.15) is 0 Å². The van der Waals surface area contributed by atoms with Crippen LogP contribution in [0.15, 0.2) is 24.3 Å². The third-order valence-corrected chi connectivity index (χ3v) is 3.86. The van der Waals surface area contributed by atoms with Crippen LogP contribution in [0.25, 0.3) is 0 Å². The van der Waals surface area contributed by atoms with Crippen molar-refractivity contribution in [3.8, 4) is 0 Å². The average Bonchev–Trinajstić information content (AvgIpc) is 2.52. The Hall–Kier alpha value is -1.35. The van der Waals surface area contributed by atoms with E-state index in [1.54, 1.807) is 0 Å². The van der Waals surface area contributed by atoms with E-state index in [2.05, 4.69) is 24.3 Å². The van der Waals surface area contributed by atoms with Crippen molar-refractivity contribution in [1.29, 1.82) is 0 Å². The Morgan fingerprint density at radius 2 is 1.45 bits per heavy atom. The van der Waals surface area contributed by atoms with E-state index in [1.165, 1.54) is 36.8 Å². The first-order valence-corrected chi connectivity index (χ1v) is 8.69. The predicted molar refractivity (Wildman–Crippen MR) is 91.9 cm³/mol. The van der Waals surface area contributed by atoms with Crippen LogP contribution in [0.5, 0.6) is 0 Å². The van der Waals surface area contributed by atoms with Crippen molar-refractivity contribution in [2.75, 3.05) is 13.2 Å². The minimum Gasteiger partial charge on any atom is -0.466 e. The number of hydrogen-bond donors (Lipinski definition) is 1. The Bertz CT molecular complexity index is 400. The van der Waals surface area contributed by atoms with Crippen LogP contribution in [0.2, 0.25) is 0 Å². The smallest absolute Gasteiger partial charge is 0.305 e. The van der Waals surface area contributed by atoms with Gasteiger partial charge in [0.1, 0.15) is 0 Å². The summed E-state index contributed by atoms with van der Waals surface area (Å²) in [6.07, 6.45) is 9.77. The summed E-state index contributed by atoms with van der Waals surface area (Å²) >= 11 is 0. The van der Waals surface area contributed by atoms with Gasteiger partial charge >= 0.3 is 5.97 Å². The van der Waals surface area contributed by atoms with Gasteiger partial charge in [-0.3, -0.25) is 4.79 Å². The van der Waals surface area contributed by atoms with Gasteiger partial charge in [-0.05, 0) is 50.3 Å². The van der Waals surface area contributed by atoms with E-state index in [4.69, 9.17) is 10.5 Å². The van der Waals surface area contributed by atoms with Gasteiger partial charge in [0.2, 0.25) is 0 Å². The van der Waals surface area contributed by atoms with E-state index >= 15 is 0 Å². The summed E-state index contributed by atoms with van der Waals surface area (Å²) in [5, 5.41) is 0. The number of nitrogens with two attached hydrogens (primary N) is 1. The average molecular weight is 305 g/mol. The van der Waals surface area contributed by atoms with E-state index in [0.29, 0.717) is 13.0 Å². The van der Waals surface area contributed by atoms with Crippen LogP contribution in [0.1, 0.15) is 63.0 Å². The molecular formula is C19H31NO2. The second kappa shape index (κ2) is 12.2. The number of benzene rings is 1. The zero-order valence-electron chi connectivity index (χ0n) is 14.0. The summed E-state index contributed by atoms with van der Waals surface area (Å²) < 4.78 is 4.91. The highest BCUT2D eigenvalue weighted by Gasteiger charge is 2.00. The number of rotatable bonds is 12. The minimum absolute atomic E-state index is 0.0550. The Labute approximate surface area is 135 Å². The first-order valence-electron chi connectivity index (χ1n) is 8.69. The Kier molecular flexibility index (Phi) is 10.4. The van der Waals surface area contributed by atoms with Gasteiger partial charge in [0.05, 0.1) is 6.61 Å². The Balaban J connectivity index is 1.98. The van der Waals surface area contributed by atoms with Gasteiger partial charge in [0.25, 0.3) is 0 Å². The van der Waals surface area contributed by atoms with Crippen LogP contribution in [0, 0.1) is 0 Å². The predicted octanol–water partition coefficient (Wildman–Crippen LogP) is 4.02. The standard InChI is InChI=1S/C19H31NO2/c1-2-22-19(21)10-8-6-4-3-5-7-9-17-11-13-18(14-12-17)15-16-20/h11-14H,2-10,15-16,20H2,1H3. The first kappa shape index (κ1) is 18.7. The van der Waals surface area contributed by atoms with Gasteiger partial charge < -0.3 is 10.5 Å². The zero-order valence-corrected chi connectivity index (χ0v) is 14.0. The van der Waals surface area contributed by atoms with Crippen LogP contribution in [0.3, 0.4) is 0 Å². The van der Waals surface area contributed by atoms with Crippen LogP contribution in [-0.4, -0.2) is 19.1 Å². The maximum Gasteiger partial charge on any atom is 0.305 e. The molecule has 0 atom stereocenters. The summed E-state index contributed by atoms with van der Waals surface area (Å²) in [7, 11) is 0. The molecule has 0 aliphatic rings. The third kappa shape index (κ3) is 8.83. The molecule has 1 rings (SSSR count). The molecule has 124 valence electrons. The van der Waals surface area contributed by atoms with E-state index in [9.17, 15) is 4.79 Å². The lowest BCUT2D eigenvalue weighted by atomic mass is 10.0. The monoisotopic (exact) mass is 305 g/mol. The molecule has 0 spiro atoms. The number of ether oxygens (including phenoxy) is 1. The van der Waals surface area contributed by atoms with Gasteiger partial charge in [-0.25, -0.2) is 0 Å². The fourth-order valence-corrected chi connectivity index (χ4v) is 2.58. The van der Waals surface area contributed by atoms with Crippen molar-refractivity contribution in [3.63, 3.8) is 0 Å². The second-order valence-electron chi connectivity index (χ2n) is 5.78. The van der Waals surface area contributed by atoms with Gasteiger partial charge in [0, 0.05) is 6.42 Å². The molecule has 0 radical (unpaired) electrons. The largest absolute Gasteiger partial charge is 0.466 e. The Morgan fingerprint density at radius 3 is 2.05 bits per heavy atom. The Morgan fingerprint density at radius 1 is 0.909 bits per heavy atom. The number of carbonyl (C=O) groups is 1. The van der Waals surface area contributed by atoms with E-state index in [0.717, 1.165) is 32.2 Å². The summed E-state index contributed by atoms with van der Waals surface area (Å²) in [6.45, 7) is 3.06. The molecule has 1 aromatic rings. The molecule has 3 heteroatoms. The normalized spacial score (nSPS) is 10.6. The molecule has 0 aliphatic heterocycles. The summed E-state index contributed by atoms with van der Waals surface area (Å²) in [5.41, 5.74) is 8.30.